The van der Waals surface area contributed by atoms with Crippen LogP contribution in [0, 0.1) is 25.7 Å². The lowest BCUT2D eigenvalue weighted by atomic mass is 9.96. The third-order valence-corrected chi connectivity index (χ3v) is 6.66. The highest BCUT2D eigenvalue weighted by Crippen LogP contribution is 2.30. The number of aliphatic imine (C=N–C) groups is 1. The zero-order valence-electron chi connectivity index (χ0n) is 25.0. The van der Waals surface area contributed by atoms with Crippen molar-refractivity contribution in [3.05, 3.63) is 52.9 Å². The Balaban J connectivity index is 0.000000230. The number of carbonyl (C=O) groups is 1. The van der Waals surface area contributed by atoms with Crippen LogP contribution in [-0.4, -0.2) is 59.6 Å². The number of amides is 1. The Morgan fingerprint density at radius 2 is 1.54 bits per heavy atom. The average Bonchev–Trinajstić information content (AvgIpc) is 2.88. The molecule has 212 valence electrons. The van der Waals surface area contributed by atoms with Crippen LogP contribution in [0.4, 0.5) is 4.79 Å². The van der Waals surface area contributed by atoms with E-state index >= 15 is 0 Å². The summed E-state index contributed by atoms with van der Waals surface area (Å²) in [6.45, 7) is 15.6. The first-order valence-corrected chi connectivity index (χ1v) is 13.7. The van der Waals surface area contributed by atoms with Gasteiger partial charge in [0.25, 0.3) is 0 Å². The summed E-state index contributed by atoms with van der Waals surface area (Å²) in [4.78, 5) is 27.5. The number of hydrogen-bond acceptors (Lipinski definition) is 7. The summed E-state index contributed by atoms with van der Waals surface area (Å²) in [5, 5.41) is 0. The number of nitrogens with zero attached hydrogens (tertiary/aromatic N) is 4. The van der Waals surface area contributed by atoms with Gasteiger partial charge in [-0.1, -0.05) is 19.9 Å². The summed E-state index contributed by atoms with van der Waals surface area (Å²) >= 11 is 0. The summed E-state index contributed by atoms with van der Waals surface area (Å²) in [6, 6.07) is 4.10. The van der Waals surface area contributed by atoms with Crippen molar-refractivity contribution in [3.63, 3.8) is 0 Å². The van der Waals surface area contributed by atoms with Gasteiger partial charge in [0, 0.05) is 53.4 Å². The molecule has 2 atom stereocenters. The van der Waals surface area contributed by atoms with E-state index in [1.165, 1.54) is 12.1 Å². The van der Waals surface area contributed by atoms with E-state index in [0.717, 1.165) is 53.3 Å². The number of carbonyl (C=O) groups excluding carboxylic acids is 1. The number of aryl methyl sites for hydroxylation is 2. The first-order valence-electron chi connectivity index (χ1n) is 13.7. The summed E-state index contributed by atoms with van der Waals surface area (Å²) < 4.78 is 15.9. The van der Waals surface area contributed by atoms with Crippen LogP contribution >= 0.6 is 0 Å². The van der Waals surface area contributed by atoms with E-state index in [9.17, 15) is 4.79 Å². The highest BCUT2D eigenvalue weighted by Gasteiger charge is 2.29. The normalized spacial score (nSPS) is 19.3. The summed E-state index contributed by atoms with van der Waals surface area (Å²) in [6.07, 6.45) is 8.59. The van der Waals surface area contributed by atoms with Crippen molar-refractivity contribution >= 4 is 17.5 Å². The zero-order chi connectivity index (χ0) is 28.7. The Kier molecular flexibility index (Phi) is 10.1. The van der Waals surface area contributed by atoms with Crippen LogP contribution in [0.1, 0.15) is 76.1 Å². The van der Waals surface area contributed by atoms with E-state index in [0.29, 0.717) is 24.2 Å². The average molecular weight is 537 g/mol. The second-order valence-electron chi connectivity index (χ2n) is 11.6. The van der Waals surface area contributed by atoms with Crippen LogP contribution in [0.15, 0.2) is 35.6 Å². The van der Waals surface area contributed by atoms with Crippen LogP contribution in [0.2, 0.25) is 0 Å². The van der Waals surface area contributed by atoms with Gasteiger partial charge in [0.15, 0.2) is 0 Å². The molecule has 0 spiro atoms. The molecule has 0 radical (unpaired) electrons. The van der Waals surface area contributed by atoms with Gasteiger partial charge in [0.05, 0.1) is 19.9 Å². The summed E-state index contributed by atoms with van der Waals surface area (Å²) in [7, 11) is 3.25. The molecule has 0 aliphatic carbocycles. The minimum atomic E-state index is -0.517. The lowest BCUT2D eigenvalue weighted by molar-refractivity contribution is 0.0327. The smallest absolute Gasteiger partial charge is 0.414 e. The fourth-order valence-electron chi connectivity index (χ4n) is 4.58. The number of methoxy groups -OCH3 is 2. The van der Waals surface area contributed by atoms with Crippen molar-refractivity contribution in [2.45, 2.75) is 73.3 Å². The zero-order valence-corrected chi connectivity index (χ0v) is 25.0. The molecule has 2 aliphatic heterocycles. The maximum Gasteiger partial charge on any atom is 0.414 e. The highest BCUT2D eigenvalue weighted by molar-refractivity contribution is 6.00. The molecule has 0 saturated heterocycles. The van der Waals surface area contributed by atoms with Gasteiger partial charge in [-0.25, -0.2) is 14.8 Å². The fraction of sp³-hybridized carbons (Fsp3) is 0.548. The SMILES string of the molecule is COc1ncc(C2=CC[C@H](C)CN2C(=O)OC(C)(C)C)cc1C.COc1ncc(C2=NC[C@@H](C)CC2)cc1C. The first-order chi connectivity index (χ1) is 18.4. The van der Waals surface area contributed by atoms with E-state index in [4.69, 9.17) is 14.2 Å². The van der Waals surface area contributed by atoms with Crippen LogP contribution in [0.5, 0.6) is 11.8 Å². The first kappa shape index (κ1) is 30.1. The second kappa shape index (κ2) is 13.1. The van der Waals surface area contributed by atoms with Gasteiger partial charge < -0.3 is 14.2 Å². The van der Waals surface area contributed by atoms with Crippen LogP contribution in [0.25, 0.3) is 5.70 Å². The molecule has 0 fully saturated rings. The molecule has 8 heteroatoms. The second-order valence-corrected chi connectivity index (χ2v) is 11.6. The van der Waals surface area contributed by atoms with Crippen LogP contribution < -0.4 is 9.47 Å². The molecule has 39 heavy (non-hydrogen) atoms. The quantitative estimate of drug-likeness (QED) is 0.436. The standard InChI is InChI=1S/C18H26N2O3.C13H18N2O/c1-12-7-8-15(14-9-13(2)16(22-6)19-10-14)20(11-12)17(21)23-18(3,4)5;1-9-4-5-12(14-7-9)11-6-10(2)13(16-3)15-8-11/h8-10,12H,7,11H2,1-6H3;6,8-9H,4-5,7H2,1-3H3/t12-;9-/m00/s1. The van der Waals surface area contributed by atoms with Crippen LogP contribution in [-0.2, 0) is 4.74 Å². The molecule has 2 aromatic heterocycles. The van der Waals surface area contributed by atoms with Crippen molar-refractivity contribution in [3.8, 4) is 11.8 Å². The van der Waals surface area contributed by atoms with Crippen molar-refractivity contribution in [2.75, 3.05) is 27.3 Å². The Morgan fingerprint density at radius 1 is 0.949 bits per heavy atom. The van der Waals surface area contributed by atoms with Crippen molar-refractivity contribution in [1.29, 1.82) is 0 Å². The molecular weight excluding hydrogens is 492 g/mol. The molecule has 0 aromatic carbocycles. The predicted octanol–water partition coefficient (Wildman–Crippen LogP) is 6.63. The predicted molar refractivity (Wildman–Crippen MR) is 156 cm³/mol. The van der Waals surface area contributed by atoms with E-state index in [-0.39, 0.29) is 6.09 Å². The van der Waals surface area contributed by atoms with Gasteiger partial charge in [0.2, 0.25) is 11.8 Å². The summed E-state index contributed by atoms with van der Waals surface area (Å²) in [5.41, 5.74) is 5.59. The lowest BCUT2D eigenvalue weighted by Gasteiger charge is -2.33. The van der Waals surface area contributed by atoms with E-state index in [1.54, 1.807) is 25.3 Å². The molecule has 0 N–H and O–H groups in total. The molecular formula is C31H44N4O4. The maximum absolute atomic E-state index is 12.6. The van der Waals surface area contributed by atoms with Gasteiger partial charge in [-0.3, -0.25) is 9.89 Å². The minimum Gasteiger partial charge on any atom is -0.481 e. The Labute approximate surface area is 233 Å². The molecule has 0 bridgehead atoms. The monoisotopic (exact) mass is 536 g/mol. The Bertz CT molecular complexity index is 1220. The number of rotatable bonds is 4. The number of aromatic nitrogens is 2. The third-order valence-electron chi connectivity index (χ3n) is 6.66. The summed E-state index contributed by atoms with van der Waals surface area (Å²) in [5.74, 6) is 2.42. The van der Waals surface area contributed by atoms with Gasteiger partial charge in [-0.15, -0.1) is 0 Å². The number of ether oxygens (including phenoxy) is 3. The topological polar surface area (TPSA) is 86.1 Å². The van der Waals surface area contributed by atoms with E-state index in [2.05, 4.69) is 41.0 Å². The number of allylic oxidation sites excluding steroid dienone is 1. The molecule has 4 heterocycles. The van der Waals surface area contributed by atoms with Crippen molar-refractivity contribution in [2.24, 2.45) is 16.8 Å². The van der Waals surface area contributed by atoms with Crippen molar-refractivity contribution in [1.82, 2.24) is 14.9 Å². The molecule has 4 rings (SSSR count). The molecule has 2 aliphatic rings. The largest absolute Gasteiger partial charge is 0.481 e. The molecule has 8 nitrogen and oxygen atoms in total. The minimum absolute atomic E-state index is 0.316. The molecule has 0 unspecified atom stereocenters. The van der Waals surface area contributed by atoms with Gasteiger partial charge in [-0.2, -0.15) is 0 Å². The van der Waals surface area contributed by atoms with Crippen LogP contribution in [0.3, 0.4) is 0 Å². The Hall–Kier alpha value is -3.42. The number of pyridine rings is 2. The number of hydrogen-bond donors (Lipinski definition) is 0. The molecule has 2 aromatic rings. The van der Waals surface area contributed by atoms with Crippen molar-refractivity contribution < 1.29 is 19.0 Å². The maximum atomic E-state index is 12.6. The molecule has 0 saturated carbocycles. The highest BCUT2D eigenvalue weighted by atomic mass is 16.6. The fourth-order valence-corrected chi connectivity index (χ4v) is 4.58. The molecule has 1 amide bonds. The Morgan fingerprint density at radius 3 is 2.05 bits per heavy atom. The van der Waals surface area contributed by atoms with Gasteiger partial charge >= 0.3 is 6.09 Å². The van der Waals surface area contributed by atoms with E-state index in [1.807, 2.05) is 46.9 Å². The van der Waals surface area contributed by atoms with Gasteiger partial charge in [-0.05, 0) is 77.8 Å². The lowest BCUT2D eigenvalue weighted by Crippen LogP contribution is -2.39. The van der Waals surface area contributed by atoms with E-state index < -0.39 is 5.60 Å². The van der Waals surface area contributed by atoms with Gasteiger partial charge in [0.1, 0.15) is 5.60 Å². The third kappa shape index (κ3) is 8.28.